The first-order chi connectivity index (χ1) is 17.5. The van der Waals surface area contributed by atoms with Crippen molar-refractivity contribution < 1.29 is 23.1 Å². The van der Waals surface area contributed by atoms with E-state index in [9.17, 15) is 19.2 Å². The van der Waals surface area contributed by atoms with E-state index in [0.29, 0.717) is 37.1 Å². The van der Waals surface area contributed by atoms with Crippen LogP contribution in [0.5, 0.6) is 0 Å². The molecule has 1 aliphatic heterocycles. The van der Waals surface area contributed by atoms with E-state index >= 15 is 0 Å². The van der Waals surface area contributed by atoms with Crippen LogP contribution in [-0.4, -0.2) is 47.5 Å². The molecule has 0 bridgehead atoms. The maximum absolute atomic E-state index is 13.7. The monoisotopic (exact) mass is 505 g/mol. The van der Waals surface area contributed by atoms with Crippen molar-refractivity contribution in [1.29, 1.82) is 5.26 Å². The van der Waals surface area contributed by atoms with Crippen LogP contribution in [0.15, 0.2) is 53.1 Å². The maximum Gasteiger partial charge on any atom is 0.410 e. The van der Waals surface area contributed by atoms with Gasteiger partial charge in [0.05, 0.1) is 17.9 Å². The SMILES string of the molecule is CN(Cc1cc(C#N)cc2ccoc12)C(=O)CC1(c2ccc(F)cc2)CCN(C(=O)OC(C)(C)C)CC1. The molecule has 0 saturated carbocycles. The van der Waals surface area contributed by atoms with Gasteiger partial charge in [-0.1, -0.05) is 12.1 Å². The Morgan fingerprint density at radius 2 is 1.84 bits per heavy atom. The molecule has 1 saturated heterocycles. The molecule has 2 heterocycles. The number of hydrogen-bond donors (Lipinski definition) is 0. The van der Waals surface area contributed by atoms with Crippen LogP contribution in [-0.2, 0) is 21.5 Å². The van der Waals surface area contributed by atoms with Crippen molar-refractivity contribution in [2.45, 2.75) is 57.6 Å². The zero-order valence-corrected chi connectivity index (χ0v) is 21.7. The molecule has 37 heavy (non-hydrogen) atoms. The number of benzene rings is 2. The van der Waals surface area contributed by atoms with Crippen molar-refractivity contribution in [3.63, 3.8) is 0 Å². The van der Waals surface area contributed by atoms with Gasteiger partial charge in [-0.15, -0.1) is 0 Å². The molecular weight excluding hydrogens is 473 g/mol. The average Bonchev–Trinajstić information content (AvgIpc) is 3.32. The van der Waals surface area contributed by atoms with Crippen LogP contribution in [0.1, 0.15) is 56.7 Å². The molecule has 0 unspecified atom stereocenters. The van der Waals surface area contributed by atoms with Gasteiger partial charge in [0.2, 0.25) is 5.91 Å². The summed E-state index contributed by atoms with van der Waals surface area (Å²) in [5.74, 6) is -0.425. The number of hydrogen-bond acceptors (Lipinski definition) is 5. The number of carbonyl (C=O) groups is 2. The van der Waals surface area contributed by atoms with Crippen LogP contribution in [0.3, 0.4) is 0 Å². The molecule has 0 atom stereocenters. The normalized spacial score (nSPS) is 15.3. The minimum Gasteiger partial charge on any atom is -0.464 e. The average molecular weight is 506 g/mol. The molecule has 2 aromatic carbocycles. The number of rotatable bonds is 5. The number of amides is 2. The summed E-state index contributed by atoms with van der Waals surface area (Å²) in [6.07, 6.45) is 2.49. The highest BCUT2D eigenvalue weighted by Gasteiger charge is 2.40. The summed E-state index contributed by atoms with van der Waals surface area (Å²) < 4.78 is 24.9. The van der Waals surface area contributed by atoms with Crippen LogP contribution in [0.4, 0.5) is 9.18 Å². The Balaban J connectivity index is 1.54. The van der Waals surface area contributed by atoms with Crippen LogP contribution in [0.2, 0.25) is 0 Å². The molecule has 0 radical (unpaired) electrons. The number of fused-ring (bicyclic) bond motifs is 1. The van der Waals surface area contributed by atoms with Gasteiger partial charge in [0.1, 0.15) is 17.0 Å². The minimum absolute atomic E-state index is 0.0860. The smallest absolute Gasteiger partial charge is 0.410 e. The zero-order valence-electron chi connectivity index (χ0n) is 21.7. The summed E-state index contributed by atoms with van der Waals surface area (Å²) in [6, 6.07) is 13.7. The summed E-state index contributed by atoms with van der Waals surface area (Å²) in [6.45, 7) is 6.63. The van der Waals surface area contributed by atoms with Gasteiger partial charge in [0.25, 0.3) is 0 Å². The molecule has 0 spiro atoms. The van der Waals surface area contributed by atoms with Gasteiger partial charge >= 0.3 is 6.09 Å². The third-order valence-corrected chi connectivity index (χ3v) is 6.91. The first-order valence-corrected chi connectivity index (χ1v) is 12.4. The lowest BCUT2D eigenvalue weighted by atomic mass is 9.70. The highest BCUT2D eigenvalue weighted by atomic mass is 19.1. The standard InChI is InChI=1S/C29H32FN3O4/c1-28(2,3)37-27(35)33-12-10-29(11-13-33,23-5-7-24(30)8-6-23)17-25(34)32(4)19-22-16-20(18-31)15-21-9-14-36-26(21)22/h5-9,14-16H,10-13,17,19H2,1-4H3. The van der Waals surface area contributed by atoms with Crippen molar-refractivity contribution in [3.05, 3.63) is 71.2 Å². The Kier molecular flexibility index (Phi) is 7.26. The molecule has 0 aliphatic carbocycles. The molecule has 4 rings (SSSR count). The Morgan fingerprint density at radius 1 is 1.16 bits per heavy atom. The number of nitriles is 1. The molecule has 0 N–H and O–H groups in total. The van der Waals surface area contributed by atoms with Gasteiger partial charge in [0, 0.05) is 49.5 Å². The number of halogens is 1. The van der Waals surface area contributed by atoms with E-state index in [1.54, 1.807) is 53.4 Å². The number of piperidine rings is 1. The van der Waals surface area contributed by atoms with Crippen LogP contribution < -0.4 is 0 Å². The Labute approximate surface area is 216 Å². The van der Waals surface area contributed by atoms with E-state index in [1.165, 1.54) is 12.1 Å². The number of furan rings is 1. The third-order valence-electron chi connectivity index (χ3n) is 6.91. The quantitative estimate of drug-likeness (QED) is 0.440. The summed E-state index contributed by atoms with van der Waals surface area (Å²) >= 11 is 0. The first-order valence-electron chi connectivity index (χ1n) is 12.4. The largest absolute Gasteiger partial charge is 0.464 e. The van der Waals surface area contributed by atoms with Gasteiger partial charge in [0.15, 0.2) is 0 Å². The molecule has 1 aromatic heterocycles. The van der Waals surface area contributed by atoms with Crippen LogP contribution in [0.25, 0.3) is 11.0 Å². The molecule has 1 aliphatic rings. The van der Waals surface area contributed by atoms with Crippen molar-refractivity contribution in [1.82, 2.24) is 9.80 Å². The number of nitrogens with zero attached hydrogens (tertiary/aromatic N) is 3. The highest BCUT2D eigenvalue weighted by molar-refractivity contribution is 5.83. The van der Waals surface area contributed by atoms with Gasteiger partial charge < -0.3 is 19.0 Å². The molecule has 1 fully saturated rings. The number of likely N-dealkylation sites (tertiary alicyclic amines) is 1. The maximum atomic E-state index is 13.7. The Bertz CT molecular complexity index is 1330. The second kappa shape index (κ2) is 10.3. The van der Waals surface area contributed by atoms with Crippen LogP contribution in [0, 0.1) is 17.1 Å². The van der Waals surface area contributed by atoms with E-state index in [4.69, 9.17) is 9.15 Å². The summed E-state index contributed by atoms with van der Waals surface area (Å²) in [4.78, 5) is 29.5. The van der Waals surface area contributed by atoms with E-state index < -0.39 is 11.0 Å². The molecule has 194 valence electrons. The van der Waals surface area contributed by atoms with Gasteiger partial charge in [-0.2, -0.15) is 5.26 Å². The summed E-state index contributed by atoms with van der Waals surface area (Å²) in [5.41, 5.74) is 1.64. The zero-order chi connectivity index (χ0) is 26.8. The van der Waals surface area contributed by atoms with Gasteiger partial charge in [-0.25, -0.2) is 9.18 Å². The van der Waals surface area contributed by atoms with Crippen molar-refractivity contribution in [2.75, 3.05) is 20.1 Å². The molecular formula is C29H32FN3O4. The molecule has 8 heteroatoms. The third kappa shape index (κ3) is 5.93. The second-order valence-electron chi connectivity index (χ2n) is 10.8. The van der Waals surface area contributed by atoms with Crippen LogP contribution >= 0.6 is 0 Å². The topological polar surface area (TPSA) is 86.8 Å². The van der Waals surface area contributed by atoms with Gasteiger partial charge in [-0.05, 0) is 69.5 Å². The minimum atomic E-state index is -0.594. The molecule has 2 amide bonds. The Hall–Kier alpha value is -3.86. The predicted molar refractivity (Wildman–Crippen MR) is 137 cm³/mol. The fourth-order valence-electron chi connectivity index (χ4n) is 4.92. The van der Waals surface area contributed by atoms with Crippen molar-refractivity contribution in [3.8, 4) is 6.07 Å². The van der Waals surface area contributed by atoms with E-state index in [2.05, 4.69) is 6.07 Å². The van der Waals surface area contributed by atoms with E-state index in [1.807, 2.05) is 20.8 Å². The second-order valence-corrected chi connectivity index (χ2v) is 10.8. The Morgan fingerprint density at radius 3 is 2.46 bits per heavy atom. The molecule has 3 aromatic rings. The van der Waals surface area contributed by atoms with E-state index in [-0.39, 0.29) is 30.8 Å². The molecule has 7 nitrogen and oxygen atoms in total. The predicted octanol–water partition coefficient (Wildman–Crippen LogP) is 5.76. The fourth-order valence-corrected chi connectivity index (χ4v) is 4.92. The van der Waals surface area contributed by atoms with Crippen molar-refractivity contribution in [2.24, 2.45) is 0 Å². The highest BCUT2D eigenvalue weighted by Crippen LogP contribution is 2.40. The lowest BCUT2D eigenvalue weighted by Crippen LogP contribution is -2.48. The lowest BCUT2D eigenvalue weighted by Gasteiger charge is -2.42. The fraction of sp³-hybridized carbons (Fsp3) is 0.414. The lowest BCUT2D eigenvalue weighted by molar-refractivity contribution is -0.132. The van der Waals surface area contributed by atoms with E-state index in [0.717, 1.165) is 16.5 Å². The number of ether oxygens (including phenoxy) is 1. The van der Waals surface area contributed by atoms with Gasteiger partial charge in [-0.3, -0.25) is 4.79 Å². The first kappa shape index (κ1) is 26.2. The summed E-state index contributed by atoms with van der Waals surface area (Å²) in [5, 5.41) is 10.2. The van der Waals surface area contributed by atoms with Crippen molar-refractivity contribution >= 4 is 23.0 Å². The number of carbonyl (C=O) groups excluding carboxylic acids is 2. The summed E-state index contributed by atoms with van der Waals surface area (Å²) in [7, 11) is 1.73.